The van der Waals surface area contributed by atoms with E-state index in [2.05, 4.69) is 62.4 Å². The Balaban J connectivity index is 1.81. The monoisotopic (exact) mass is 490 g/mol. The van der Waals surface area contributed by atoms with Gasteiger partial charge in [-0.2, -0.15) is 0 Å². The van der Waals surface area contributed by atoms with Crippen molar-refractivity contribution in [3.8, 4) is 0 Å². The molecule has 7 heteroatoms. The summed E-state index contributed by atoms with van der Waals surface area (Å²) in [5.74, 6) is 0. The van der Waals surface area contributed by atoms with Gasteiger partial charge in [0.1, 0.15) is 6.35 Å². The van der Waals surface area contributed by atoms with Crippen molar-refractivity contribution in [2.75, 3.05) is 13.0 Å². The maximum Gasteiger partial charge on any atom is 0.356 e. The van der Waals surface area contributed by atoms with Crippen molar-refractivity contribution < 1.29 is 22.8 Å². The predicted octanol–water partition coefficient (Wildman–Crippen LogP) is 5.72. The molecule has 1 fully saturated rings. The Bertz CT molecular complexity index is 859. The van der Waals surface area contributed by atoms with Gasteiger partial charge < -0.3 is 18.2 Å². The van der Waals surface area contributed by atoms with Gasteiger partial charge in [0.05, 0.1) is 24.4 Å². The zero-order chi connectivity index (χ0) is 24.1. The van der Waals surface area contributed by atoms with Gasteiger partial charge in [-0.25, -0.2) is 0 Å². The second kappa shape index (κ2) is 11.0. The lowest BCUT2D eigenvalue weighted by Gasteiger charge is -2.37. The van der Waals surface area contributed by atoms with Crippen molar-refractivity contribution in [1.29, 1.82) is 0 Å². The number of rotatable bonds is 13. The van der Waals surface area contributed by atoms with Gasteiger partial charge in [-0.1, -0.05) is 74.5 Å². The maximum absolute atomic E-state index is 13.3. The van der Waals surface area contributed by atoms with Crippen LogP contribution < -0.4 is 10.4 Å². The van der Waals surface area contributed by atoms with Crippen LogP contribution in [0.25, 0.3) is 0 Å². The minimum absolute atomic E-state index is 0.0559. The van der Waals surface area contributed by atoms with E-state index in [1.807, 2.05) is 39.8 Å². The predicted molar refractivity (Wildman–Crippen MR) is 137 cm³/mol. The van der Waals surface area contributed by atoms with Crippen molar-refractivity contribution in [3.05, 3.63) is 60.7 Å². The van der Waals surface area contributed by atoms with Crippen LogP contribution in [-0.2, 0) is 22.8 Å². The molecule has 2 aromatic rings. The molecule has 0 unspecified atom stereocenters. The lowest BCUT2D eigenvalue weighted by molar-refractivity contribution is 0.00671. The molecule has 1 aliphatic rings. The fraction of sp³-hybridized carbons (Fsp3) is 0.538. The molecule has 0 radical (unpaired) electrons. The number of hydrogen-bond acceptors (Lipinski definition) is 5. The molecular formula is C26H39O5PSi. The van der Waals surface area contributed by atoms with Crippen LogP contribution in [0.15, 0.2) is 60.7 Å². The van der Waals surface area contributed by atoms with Crippen molar-refractivity contribution in [2.24, 2.45) is 0 Å². The molecule has 182 valence electrons. The van der Waals surface area contributed by atoms with Crippen LogP contribution in [0.1, 0.15) is 54.4 Å². The van der Waals surface area contributed by atoms with Crippen LogP contribution in [0.4, 0.5) is 0 Å². The first-order valence-corrected chi connectivity index (χ1v) is 15.7. The standard InChI is InChI=1S/C26H39O5PSi/c1-21(2)30-32(27,31-22(3)4)20-28-26(17-18-26)19-29-33(23(5)6,24-13-9-7-10-14-24)25-15-11-8-12-16-25/h7-16,21-23H,17-20H2,1-6H3. The van der Waals surface area contributed by atoms with E-state index >= 15 is 0 Å². The van der Waals surface area contributed by atoms with Gasteiger partial charge in [0.25, 0.3) is 8.32 Å². The molecule has 1 saturated carbocycles. The molecule has 5 nitrogen and oxygen atoms in total. The van der Waals surface area contributed by atoms with Crippen LogP contribution in [0.5, 0.6) is 0 Å². The summed E-state index contributed by atoms with van der Waals surface area (Å²) in [6.45, 7) is 12.4. The summed E-state index contributed by atoms with van der Waals surface area (Å²) in [5.41, 5.74) is -0.120. The fourth-order valence-corrected chi connectivity index (χ4v) is 10.3. The van der Waals surface area contributed by atoms with Gasteiger partial charge in [-0.3, -0.25) is 4.57 Å². The highest BCUT2D eigenvalue weighted by Crippen LogP contribution is 2.53. The van der Waals surface area contributed by atoms with Crippen LogP contribution in [-0.4, -0.2) is 39.1 Å². The minimum atomic E-state index is -3.35. The summed E-state index contributed by atoms with van der Waals surface area (Å²) in [7, 11) is -5.89. The van der Waals surface area contributed by atoms with E-state index in [1.54, 1.807) is 0 Å². The Kier molecular flexibility index (Phi) is 8.76. The molecule has 3 rings (SSSR count). The van der Waals surface area contributed by atoms with Gasteiger partial charge in [-0.15, -0.1) is 0 Å². The Morgan fingerprint density at radius 3 is 1.64 bits per heavy atom. The third kappa shape index (κ3) is 6.65. The second-order valence-corrected chi connectivity index (χ2v) is 15.8. The first kappa shape index (κ1) is 26.3. The Morgan fingerprint density at radius 2 is 1.27 bits per heavy atom. The third-order valence-electron chi connectivity index (χ3n) is 5.86. The lowest BCUT2D eigenvalue weighted by Crippen LogP contribution is -2.63. The van der Waals surface area contributed by atoms with Crippen LogP contribution >= 0.6 is 7.60 Å². The van der Waals surface area contributed by atoms with Crippen LogP contribution in [0, 0.1) is 0 Å². The quantitative estimate of drug-likeness (QED) is 0.265. The normalized spacial score (nSPS) is 16.0. The molecule has 33 heavy (non-hydrogen) atoms. The summed E-state index contributed by atoms with van der Waals surface area (Å²) < 4.78 is 37.8. The highest BCUT2D eigenvalue weighted by atomic mass is 31.2. The zero-order valence-electron chi connectivity index (χ0n) is 20.8. The zero-order valence-corrected chi connectivity index (χ0v) is 22.7. The van der Waals surface area contributed by atoms with E-state index in [-0.39, 0.29) is 18.6 Å². The topological polar surface area (TPSA) is 54.0 Å². The summed E-state index contributed by atoms with van der Waals surface area (Å²) in [5, 5.41) is 2.50. The molecule has 0 aromatic heterocycles. The molecule has 0 amide bonds. The van der Waals surface area contributed by atoms with E-state index in [1.165, 1.54) is 10.4 Å². The molecule has 2 aromatic carbocycles. The van der Waals surface area contributed by atoms with Gasteiger partial charge in [-0.05, 0) is 56.5 Å². The molecular weight excluding hydrogens is 451 g/mol. The average Bonchev–Trinajstić information content (AvgIpc) is 3.53. The third-order valence-corrected chi connectivity index (χ3v) is 12.4. The van der Waals surface area contributed by atoms with Gasteiger partial charge in [0.2, 0.25) is 0 Å². The summed E-state index contributed by atoms with van der Waals surface area (Å²) in [4.78, 5) is 0. The molecule has 0 saturated heterocycles. The van der Waals surface area contributed by atoms with E-state index < -0.39 is 21.5 Å². The maximum atomic E-state index is 13.3. The van der Waals surface area contributed by atoms with E-state index in [0.717, 1.165) is 12.8 Å². The average molecular weight is 491 g/mol. The smallest absolute Gasteiger partial charge is 0.356 e. The summed E-state index contributed by atoms with van der Waals surface area (Å²) in [6, 6.07) is 21.1. The molecule has 0 bridgehead atoms. The van der Waals surface area contributed by atoms with Crippen molar-refractivity contribution in [3.63, 3.8) is 0 Å². The minimum Gasteiger partial charge on any atom is -0.405 e. The number of benzene rings is 2. The Morgan fingerprint density at radius 1 is 0.818 bits per heavy atom. The van der Waals surface area contributed by atoms with Gasteiger partial charge in [0, 0.05) is 0 Å². The number of hydrogen-bond donors (Lipinski definition) is 0. The van der Waals surface area contributed by atoms with E-state index in [4.69, 9.17) is 18.2 Å². The summed E-state index contributed by atoms with van der Waals surface area (Å²) in [6.07, 6.45) is 1.29. The highest BCUT2D eigenvalue weighted by molar-refractivity contribution is 7.53. The first-order chi connectivity index (χ1) is 15.6. The first-order valence-electron chi connectivity index (χ1n) is 12.0. The number of ether oxygens (including phenoxy) is 1. The van der Waals surface area contributed by atoms with Crippen molar-refractivity contribution in [2.45, 2.75) is 77.7 Å². The fourth-order valence-electron chi connectivity index (χ4n) is 4.20. The van der Waals surface area contributed by atoms with E-state index in [9.17, 15) is 4.57 Å². The molecule has 1 aliphatic carbocycles. The van der Waals surface area contributed by atoms with Gasteiger partial charge in [0.15, 0.2) is 0 Å². The molecule has 0 spiro atoms. The molecule has 0 aliphatic heterocycles. The van der Waals surface area contributed by atoms with Crippen LogP contribution in [0.2, 0.25) is 5.54 Å². The molecule has 0 N–H and O–H groups in total. The van der Waals surface area contributed by atoms with Gasteiger partial charge >= 0.3 is 7.60 Å². The van der Waals surface area contributed by atoms with Crippen molar-refractivity contribution in [1.82, 2.24) is 0 Å². The molecule has 0 heterocycles. The Labute approximate surface area is 200 Å². The lowest BCUT2D eigenvalue weighted by atomic mass is 10.4. The van der Waals surface area contributed by atoms with E-state index in [0.29, 0.717) is 12.1 Å². The highest BCUT2D eigenvalue weighted by Gasteiger charge is 2.51. The molecule has 0 atom stereocenters. The SMILES string of the molecule is CC(C)OP(=O)(COC1(CO[Si](c2ccccc2)(c2ccccc2)C(C)C)CC1)OC(C)C. The largest absolute Gasteiger partial charge is 0.405 e. The summed E-state index contributed by atoms with van der Waals surface area (Å²) >= 11 is 0. The van der Waals surface area contributed by atoms with Crippen molar-refractivity contribution >= 4 is 26.3 Å². The van der Waals surface area contributed by atoms with Crippen LogP contribution in [0.3, 0.4) is 0 Å². The Hall–Kier alpha value is -1.27. The second-order valence-electron chi connectivity index (χ2n) is 9.79.